The van der Waals surface area contributed by atoms with Crippen LogP contribution in [-0.2, 0) is 16.1 Å². The zero-order chi connectivity index (χ0) is 14.7. The minimum absolute atomic E-state index is 0.211. The molecule has 3 heterocycles. The Labute approximate surface area is 124 Å². The van der Waals surface area contributed by atoms with Gasteiger partial charge in [-0.15, -0.1) is 0 Å². The lowest BCUT2D eigenvalue weighted by Gasteiger charge is -2.27. The average Bonchev–Trinajstić information content (AvgIpc) is 3.16. The lowest BCUT2D eigenvalue weighted by molar-refractivity contribution is -0.136. The summed E-state index contributed by atoms with van der Waals surface area (Å²) in [7, 11) is 0. The van der Waals surface area contributed by atoms with Crippen molar-refractivity contribution < 1.29 is 14.6 Å². The van der Waals surface area contributed by atoms with Crippen molar-refractivity contribution in [1.82, 2.24) is 9.55 Å². The van der Waals surface area contributed by atoms with E-state index in [1.54, 1.807) is 0 Å². The van der Waals surface area contributed by atoms with Crippen molar-refractivity contribution in [2.75, 3.05) is 0 Å². The molecule has 2 bridgehead atoms. The Morgan fingerprint density at radius 1 is 1.33 bits per heavy atom. The van der Waals surface area contributed by atoms with Gasteiger partial charge in [-0.1, -0.05) is 12.2 Å². The first kappa shape index (κ1) is 14.3. The number of carbonyl (C=O) groups is 1. The topological polar surface area (TPSA) is 64.3 Å². The summed E-state index contributed by atoms with van der Waals surface area (Å²) in [6, 6.07) is 0. The van der Waals surface area contributed by atoms with Crippen LogP contribution in [0.4, 0.5) is 0 Å². The van der Waals surface area contributed by atoms with E-state index >= 15 is 0 Å². The molecule has 0 radical (unpaired) electrons. The molecule has 0 saturated carbocycles. The van der Waals surface area contributed by atoms with Crippen LogP contribution in [0.5, 0.6) is 0 Å². The van der Waals surface area contributed by atoms with Crippen molar-refractivity contribution in [1.29, 1.82) is 0 Å². The van der Waals surface area contributed by atoms with Gasteiger partial charge in [0.1, 0.15) is 0 Å². The van der Waals surface area contributed by atoms with E-state index in [1.165, 1.54) is 12.8 Å². The molecule has 0 amide bonds. The van der Waals surface area contributed by atoms with E-state index in [4.69, 9.17) is 9.84 Å². The number of hydrogen-bond acceptors (Lipinski definition) is 3. The van der Waals surface area contributed by atoms with E-state index in [9.17, 15) is 4.79 Å². The van der Waals surface area contributed by atoms with Gasteiger partial charge in [0.25, 0.3) is 0 Å². The summed E-state index contributed by atoms with van der Waals surface area (Å²) in [6.07, 6.45) is 14.7. The fourth-order valence-corrected chi connectivity index (χ4v) is 3.67. The number of aromatic nitrogens is 2. The molecule has 3 rings (SSSR count). The average molecular weight is 290 g/mol. The number of carboxylic acid groups (broad SMARTS) is 1. The molecule has 1 N–H and O–H groups in total. The molecule has 0 aromatic carbocycles. The van der Waals surface area contributed by atoms with Gasteiger partial charge in [0, 0.05) is 31.3 Å². The Hall–Kier alpha value is -1.62. The fraction of sp³-hybridized carbons (Fsp3) is 0.625. The van der Waals surface area contributed by atoms with Crippen LogP contribution >= 0.6 is 0 Å². The van der Waals surface area contributed by atoms with Crippen molar-refractivity contribution in [3.05, 3.63) is 30.9 Å². The molecule has 2 saturated heterocycles. The monoisotopic (exact) mass is 290 g/mol. The maximum atomic E-state index is 10.5. The van der Waals surface area contributed by atoms with Crippen LogP contribution in [-0.4, -0.2) is 32.8 Å². The molecule has 21 heavy (non-hydrogen) atoms. The van der Waals surface area contributed by atoms with E-state index in [0.29, 0.717) is 30.5 Å². The van der Waals surface area contributed by atoms with Gasteiger partial charge in [-0.05, 0) is 31.6 Å². The van der Waals surface area contributed by atoms with Crippen molar-refractivity contribution >= 4 is 5.97 Å². The Bertz CT molecular complexity index is 498. The molecule has 5 nitrogen and oxygen atoms in total. The number of hydrogen-bond donors (Lipinski definition) is 1. The minimum Gasteiger partial charge on any atom is -0.481 e. The highest BCUT2D eigenvalue weighted by Crippen LogP contribution is 2.45. The molecule has 2 aliphatic rings. The van der Waals surface area contributed by atoms with E-state index in [2.05, 4.69) is 15.6 Å². The van der Waals surface area contributed by atoms with E-state index < -0.39 is 5.97 Å². The van der Waals surface area contributed by atoms with Crippen LogP contribution in [0.2, 0.25) is 0 Å². The maximum Gasteiger partial charge on any atom is 0.303 e. The number of nitrogens with zero attached hydrogens (tertiary/aromatic N) is 2. The smallest absolute Gasteiger partial charge is 0.303 e. The second-order valence-electron chi connectivity index (χ2n) is 6.02. The largest absolute Gasteiger partial charge is 0.481 e. The highest BCUT2D eigenvalue weighted by molar-refractivity contribution is 5.66. The first-order valence-electron chi connectivity index (χ1n) is 7.72. The summed E-state index contributed by atoms with van der Waals surface area (Å²) in [5.74, 6) is 0.357. The van der Waals surface area contributed by atoms with Crippen LogP contribution in [0, 0.1) is 11.8 Å². The van der Waals surface area contributed by atoms with Gasteiger partial charge >= 0.3 is 5.97 Å². The number of imidazole rings is 1. The van der Waals surface area contributed by atoms with Gasteiger partial charge in [0.2, 0.25) is 0 Å². The fourth-order valence-electron chi connectivity index (χ4n) is 3.67. The maximum absolute atomic E-state index is 10.5. The molecule has 1 aromatic rings. The second kappa shape index (κ2) is 6.43. The van der Waals surface area contributed by atoms with Crippen LogP contribution in [0.15, 0.2) is 30.9 Å². The van der Waals surface area contributed by atoms with Crippen LogP contribution in [0.25, 0.3) is 0 Å². The third kappa shape index (κ3) is 3.35. The minimum atomic E-state index is -0.735. The first-order valence-corrected chi connectivity index (χ1v) is 7.72. The molecule has 1 aromatic heterocycles. The van der Waals surface area contributed by atoms with E-state index in [-0.39, 0.29) is 6.42 Å². The molecule has 0 aliphatic carbocycles. The van der Waals surface area contributed by atoms with Crippen molar-refractivity contribution in [3.63, 3.8) is 0 Å². The first-order chi connectivity index (χ1) is 10.2. The van der Waals surface area contributed by atoms with Crippen molar-refractivity contribution in [3.8, 4) is 0 Å². The number of carboxylic acids is 1. The van der Waals surface area contributed by atoms with Gasteiger partial charge in [-0.2, -0.15) is 0 Å². The van der Waals surface area contributed by atoms with Crippen LogP contribution < -0.4 is 0 Å². The van der Waals surface area contributed by atoms with Gasteiger partial charge in [0.05, 0.1) is 18.5 Å². The van der Waals surface area contributed by atoms with Crippen molar-refractivity contribution in [2.45, 2.75) is 50.9 Å². The number of ether oxygens (including phenoxy) is 1. The zero-order valence-electron chi connectivity index (χ0n) is 12.1. The third-order valence-electron chi connectivity index (χ3n) is 4.67. The van der Waals surface area contributed by atoms with E-state index in [1.807, 2.05) is 24.8 Å². The SMILES string of the molecule is O=C(O)CC/C=C\C[C@H]1[C@@H](Cn2ccnc2)[C@H]2CC[C@@H]1O2. The summed E-state index contributed by atoms with van der Waals surface area (Å²) in [5.41, 5.74) is 0. The van der Waals surface area contributed by atoms with Crippen LogP contribution in [0.3, 0.4) is 0 Å². The standard InChI is InChI=1S/C16H22N2O3/c19-16(20)5-3-1-2-4-12-13(10-18-9-8-17-11-18)15-7-6-14(12)21-15/h1-2,8-9,11-15H,3-7,10H2,(H,19,20)/b2-1-/t12-,13+,14-,15+/m0/s1. The Kier molecular flexibility index (Phi) is 4.39. The Morgan fingerprint density at radius 2 is 2.14 bits per heavy atom. The van der Waals surface area contributed by atoms with Gasteiger partial charge in [-0.25, -0.2) is 4.98 Å². The molecule has 114 valence electrons. The lowest BCUT2D eigenvalue weighted by Crippen LogP contribution is -2.30. The number of aliphatic carboxylic acids is 1. The predicted molar refractivity (Wildman–Crippen MR) is 77.7 cm³/mol. The summed E-state index contributed by atoms with van der Waals surface area (Å²) in [6.45, 7) is 0.967. The highest BCUT2D eigenvalue weighted by atomic mass is 16.5. The highest BCUT2D eigenvalue weighted by Gasteiger charge is 2.47. The van der Waals surface area contributed by atoms with Crippen LogP contribution in [0.1, 0.15) is 32.1 Å². The summed E-state index contributed by atoms with van der Waals surface area (Å²) in [4.78, 5) is 14.6. The van der Waals surface area contributed by atoms with Crippen molar-refractivity contribution in [2.24, 2.45) is 11.8 Å². The summed E-state index contributed by atoms with van der Waals surface area (Å²) < 4.78 is 8.21. The zero-order valence-corrected chi connectivity index (χ0v) is 12.1. The molecular weight excluding hydrogens is 268 g/mol. The van der Waals surface area contributed by atoms with Gasteiger partial charge in [-0.3, -0.25) is 4.79 Å². The van der Waals surface area contributed by atoms with Gasteiger partial charge in [0.15, 0.2) is 0 Å². The number of fused-ring (bicyclic) bond motifs is 2. The molecule has 5 heteroatoms. The summed E-state index contributed by atoms with van der Waals surface area (Å²) in [5, 5.41) is 8.63. The summed E-state index contributed by atoms with van der Waals surface area (Å²) >= 11 is 0. The number of allylic oxidation sites excluding steroid dienone is 2. The molecule has 0 spiro atoms. The number of rotatable bonds is 7. The Morgan fingerprint density at radius 3 is 2.86 bits per heavy atom. The predicted octanol–water partition coefficient (Wildman–Crippen LogP) is 2.49. The molecule has 0 unspecified atom stereocenters. The lowest BCUT2D eigenvalue weighted by atomic mass is 9.77. The molecule has 2 fully saturated rings. The Balaban J connectivity index is 1.55. The normalized spacial score (nSPS) is 31.2. The molecule has 2 aliphatic heterocycles. The third-order valence-corrected chi connectivity index (χ3v) is 4.67. The molecule has 4 atom stereocenters. The second-order valence-corrected chi connectivity index (χ2v) is 6.02. The quantitative estimate of drug-likeness (QED) is 0.784. The van der Waals surface area contributed by atoms with Gasteiger partial charge < -0.3 is 14.4 Å². The van der Waals surface area contributed by atoms with E-state index in [0.717, 1.165) is 13.0 Å². The molecular formula is C16H22N2O3.